The third-order valence-electron chi connectivity index (χ3n) is 2.36. The first-order chi connectivity index (χ1) is 7.75. The van der Waals surface area contributed by atoms with Crippen molar-refractivity contribution in [3.8, 4) is 0 Å². The lowest BCUT2D eigenvalue weighted by atomic mass is 10.1. The van der Waals surface area contributed by atoms with Crippen LogP contribution in [0, 0.1) is 5.82 Å². The Morgan fingerprint density at radius 3 is 2.50 bits per heavy atom. The van der Waals surface area contributed by atoms with Crippen molar-refractivity contribution in [3.63, 3.8) is 0 Å². The van der Waals surface area contributed by atoms with Crippen molar-refractivity contribution in [1.82, 2.24) is 4.98 Å². The van der Waals surface area contributed by atoms with Crippen LogP contribution in [0.4, 0.5) is 4.39 Å². The largest absolute Gasteiger partial charge is 0.386 e. The third kappa shape index (κ3) is 2.64. The van der Waals surface area contributed by atoms with E-state index >= 15 is 0 Å². The fourth-order valence-corrected chi connectivity index (χ4v) is 1.53. The maximum atomic E-state index is 12.6. The monoisotopic (exact) mass is 217 g/mol. The summed E-state index contributed by atoms with van der Waals surface area (Å²) in [5.74, 6) is -0.393. The number of hydrogen-bond donors (Lipinski definition) is 1. The number of nitrogens with zero attached hydrogens (tertiary/aromatic N) is 1. The molecule has 1 aromatic carbocycles. The van der Waals surface area contributed by atoms with Gasteiger partial charge in [-0.2, -0.15) is 0 Å². The van der Waals surface area contributed by atoms with Crippen LogP contribution in [0.15, 0.2) is 48.7 Å². The summed E-state index contributed by atoms with van der Waals surface area (Å²) in [6.07, 6.45) is 0.909. The van der Waals surface area contributed by atoms with E-state index in [0.29, 0.717) is 12.1 Å². The molecule has 0 amide bonds. The zero-order chi connectivity index (χ0) is 11.4. The van der Waals surface area contributed by atoms with Gasteiger partial charge in [0.15, 0.2) is 0 Å². The molecule has 82 valence electrons. The molecular weight excluding hydrogens is 205 g/mol. The molecule has 1 heterocycles. The number of aliphatic hydroxyl groups excluding tert-OH is 1. The SMILES string of the molecule is OC(Cc1ccccc1)c1ccc(F)cn1. The number of hydrogen-bond acceptors (Lipinski definition) is 2. The summed E-state index contributed by atoms with van der Waals surface area (Å²) in [5, 5.41) is 9.88. The predicted molar refractivity (Wildman–Crippen MR) is 59.3 cm³/mol. The van der Waals surface area contributed by atoms with Gasteiger partial charge in [-0.25, -0.2) is 4.39 Å². The summed E-state index contributed by atoms with van der Waals surface area (Å²) in [6, 6.07) is 12.4. The van der Waals surface area contributed by atoms with Gasteiger partial charge in [0.2, 0.25) is 0 Å². The smallest absolute Gasteiger partial charge is 0.141 e. The highest BCUT2D eigenvalue weighted by atomic mass is 19.1. The average molecular weight is 217 g/mol. The Hall–Kier alpha value is -1.74. The van der Waals surface area contributed by atoms with E-state index in [1.54, 1.807) is 0 Å². The first-order valence-corrected chi connectivity index (χ1v) is 5.09. The second-order valence-electron chi connectivity index (χ2n) is 3.61. The molecule has 0 saturated heterocycles. The predicted octanol–water partition coefficient (Wildman–Crippen LogP) is 2.50. The van der Waals surface area contributed by atoms with Crippen LogP contribution in [0.5, 0.6) is 0 Å². The Kier molecular flexibility index (Phi) is 3.27. The Morgan fingerprint density at radius 1 is 1.12 bits per heavy atom. The first-order valence-electron chi connectivity index (χ1n) is 5.09. The van der Waals surface area contributed by atoms with Crippen molar-refractivity contribution in [2.24, 2.45) is 0 Å². The molecule has 0 aliphatic heterocycles. The third-order valence-corrected chi connectivity index (χ3v) is 2.36. The van der Waals surface area contributed by atoms with Crippen LogP contribution in [0.3, 0.4) is 0 Å². The summed E-state index contributed by atoms with van der Waals surface area (Å²) in [6.45, 7) is 0. The molecule has 0 bridgehead atoms. The minimum atomic E-state index is -0.692. The fourth-order valence-electron chi connectivity index (χ4n) is 1.53. The molecule has 0 aliphatic rings. The van der Waals surface area contributed by atoms with Crippen LogP contribution in [0.2, 0.25) is 0 Å². The Bertz CT molecular complexity index is 441. The molecule has 0 radical (unpaired) electrons. The van der Waals surface area contributed by atoms with Gasteiger partial charge in [0.05, 0.1) is 18.0 Å². The van der Waals surface area contributed by atoms with Gasteiger partial charge in [-0.15, -0.1) is 0 Å². The summed E-state index contributed by atoms with van der Waals surface area (Å²) in [4.78, 5) is 3.85. The molecule has 1 atom stereocenters. The number of aromatic nitrogens is 1. The summed E-state index contributed by atoms with van der Waals surface area (Å²) >= 11 is 0. The van der Waals surface area contributed by atoms with Gasteiger partial charge in [0, 0.05) is 6.42 Å². The van der Waals surface area contributed by atoms with Crippen molar-refractivity contribution >= 4 is 0 Å². The maximum Gasteiger partial charge on any atom is 0.141 e. The van der Waals surface area contributed by atoms with Crippen molar-refractivity contribution in [2.75, 3.05) is 0 Å². The van der Waals surface area contributed by atoms with Crippen LogP contribution in [0.1, 0.15) is 17.4 Å². The lowest BCUT2D eigenvalue weighted by Crippen LogP contribution is -2.04. The van der Waals surface area contributed by atoms with E-state index in [2.05, 4.69) is 4.98 Å². The molecule has 1 aromatic heterocycles. The van der Waals surface area contributed by atoms with Gasteiger partial charge in [-0.1, -0.05) is 30.3 Å². The highest BCUT2D eigenvalue weighted by molar-refractivity contribution is 5.18. The summed E-state index contributed by atoms with van der Waals surface area (Å²) < 4.78 is 12.6. The molecule has 0 spiro atoms. The Morgan fingerprint density at radius 2 is 1.88 bits per heavy atom. The molecular formula is C13H12FNO. The number of aliphatic hydroxyl groups is 1. The molecule has 2 nitrogen and oxygen atoms in total. The number of pyridine rings is 1. The molecule has 0 saturated carbocycles. The zero-order valence-corrected chi connectivity index (χ0v) is 8.68. The van der Waals surface area contributed by atoms with Crippen LogP contribution >= 0.6 is 0 Å². The van der Waals surface area contributed by atoms with Gasteiger partial charge >= 0.3 is 0 Å². The van der Waals surface area contributed by atoms with Gasteiger partial charge in [-0.3, -0.25) is 4.98 Å². The van der Waals surface area contributed by atoms with Gasteiger partial charge < -0.3 is 5.11 Å². The molecule has 2 rings (SSSR count). The first kappa shape index (κ1) is 10.8. The molecule has 0 aliphatic carbocycles. The van der Waals surface area contributed by atoms with E-state index in [-0.39, 0.29) is 0 Å². The van der Waals surface area contributed by atoms with E-state index in [4.69, 9.17) is 0 Å². The van der Waals surface area contributed by atoms with Gasteiger partial charge in [-0.05, 0) is 17.7 Å². The highest BCUT2D eigenvalue weighted by Crippen LogP contribution is 2.16. The fraction of sp³-hybridized carbons (Fsp3) is 0.154. The van der Waals surface area contributed by atoms with E-state index in [1.807, 2.05) is 30.3 Å². The summed E-state index contributed by atoms with van der Waals surface area (Å²) in [5.41, 5.74) is 1.52. The van der Waals surface area contributed by atoms with Crippen LogP contribution < -0.4 is 0 Å². The molecule has 1 N–H and O–H groups in total. The Balaban J connectivity index is 2.09. The minimum Gasteiger partial charge on any atom is -0.386 e. The van der Waals surface area contributed by atoms with Crippen molar-refractivity contribution in [3.05, 3.63) is 65.7 Å². The van der Waals surface area contributed by atoms with Gasteiger partial charge in [0.1, 0.15) is 5.82 Å². The normalized spacial score (nSPS) is 12.4. The van der Waals surface area contributed by atoms with Crippen molar-refractivity contribution in [2.45, 2.75) is 12.5 Å². The number of rotatable bonds is 3. The molecule has 2 aromatic rings. The van der Waals surface area contributed by atoms with Crippen molar-refractivity contribution < 1.29 is 9.50 Å². The molecule has 16 heavy (non-hydrogen) atoms. The lowest BCUT2D eigenvalue weighted by molar-refractivity contribution is 0.173. The average Bonchev–Trinajstić information content (AvgIpc) is 2.31. The number of halogens is 1. The molecule has 0 fully saturated rings. The van der Waals surface area contributed by atoms with Crippen LogP contribution in [0.25, 0.3) is 0 Å². The standard InChI is InChI=1S/C13H12FNO/c14-11-6-7-12(15-9-11)13(16)8-10-4-2-1-3-5-10/h1-7,9,13,16H,8H2. The molecule has 1 unspecified atom stereocenters. The number of benzene rings is 1. The van der Waals surface area contributed by atoms with Crippen LogP contribution in [-0.4, -0.2) is 10.1 Å². The molecule has 3 heteroatoms. The second-order valence-corrected chi connectivity index (χ2v) is 3.61. The Labute approximate surface area is 93.4 Å². The summed E-state index contributed by atoms with van der Waals surface area (Å²) in [7, 11) is 0. The van der Waals surface area contributed by atoms with E-state index < -0.39 is 11.9 Å². The van der Waals surface area contributed by atoms with E-state index in [9.17, 15) is 9.50 Å². The minimum absolute atomic E-state index is 0.393. The lowest BCUT2D eigenvalue weighted by Gasteiger charge is -2.09. The second kappa shape index (κ2) is 4.86. The quantitative estimate of drug-likeness (QED) is 0.856. The maximum absolute atomic E-state index is 12.6. The topological polar surface area (TPSA) is 33.1 Å². The van der Waals surface area contributed by atoms with E-state index in [1.165, 1.54) is 12.1 Å². The zero-order valence-electron chi connectivity index (χ0n) is 8.68. The highest BCUT2D eigenvalue weighted by Gasteiger charge is 2.09. The van der Waals surface area contributed by atoms with Gasteiger partial charge in [0.25, 0.3) is 0 Å². The van der Waals surface area contributed by atoms with Crippen molar-refractivity contribution in [1.29, 1.82) is 0 Å². The van der Waals surface area contributed by atoms with Crippen LogP contribution in [-0.2, 0) is 6.42 Å². The van der Waals surface area contributed by atoms with E-state index in [0.717, 1.165) is 11.8 Å².